The summed E-state index contributed by atoms with van der Waals surface area (Å²) in [5, 5.41) is 11.2. The molecular weight excluding hydrogens is 446 g/mol. The molecule has 1 fully saturated rings. The van der Waals surface area contributed by atoms with Gasteiger partial charge >= 0.3 is 5.97 Å². The van der Waals surface area contributed by atoms with Gasteiger partial charge in [-0.2, -0.15) is 0 Å². The van der Waals surface area contributed by atoms with Gasteiger partial charge in [0.1, 0.15) is 5.75 Å². The highest BCUT2D eigenvalue weighted by atomic mass is 16.5. The standard InChI is InChI=1S/C32H55NO3/c1-13-27(34)36-16-14-15-23(24-20-31(8,9)33(12)32(10,11)21-24)17-22-18-25(29(2,3)4)28(35)26(19-22)30(5,6)7/h18-19,23-24,35H,13-17,20-21H2,1-12H3. The van der Waals surface area contributed by atoms with Crippen molar-refractivity contribution >= 4 is 5.97 Å². The molecular formula is C32H55NO3. The summed E-state index contributed by atoms with van der Waals surface area (Å²) in [6.07, 6.45) is 5.65. The molecule has 1 aromatic rings. The van der Waals surface area contributed by atoms with E-state index in [1.165, 1.54) is 5.56 Å². The van der Waals surface area contributed by atoms with E-state index >= 15 is 0 Å². The molecule has 1 unspecified atom stereocenters. The smallest absolute Gasteiger partial charge is 0.305 e. The average Bonchev–Trinajstić information content (AvgIpc) is 2.72. The summed E-state index contributed by atoms with van der Waals surface area (Å²) < 4.78 is 5.44. The molecule has 206 valence electrons. The first-order valence-corrected chi connectivity index (χ1v) is 14.1. The highest BCUT2D eigenvalue weighted by Crippen LogP contribution is 2.46. The van der Waals surface area contributed by atoms with Crippen molar-refractivity contribution in [1.82, 2.24) is 4.90 Å². The predicted octanol–water partition coefficient (Wildman–Crippen LogP) is 7.78. The Morgan fingerprint density at radius 1 is 1.03 bits per heavy atom. The summed E-state index contributed by atoms with van der Waals surface area (Å²) in [7, 11) is 2.26. The highest BCUT2D eigenvalue weighted by molar-refractivity contribution is 5.68. The van der Waals surface area contributed by atoms with E-state index in [4.69, 9.17) is 4.74 Å². The van der Waals surface area contributed by atoms with E-state index in [9.17, 15) is 9.90 Å². The van der Waals surface area contributed by atoms with Crippen molar-refractivity contribution in [3.63, 3.8) is 0 Å². The van der Waals surface area contributed by atoms with Crippen LogP contribution in [0.1, 0.15) is 125 Å². The van der Waals surface area contributed by atoms with Gasteiger partial charge in [-0.1, -0.05) is 60.6 Å². The second kappa shape index (κ2) is 11.1. The van der Waals surface area contributed by atoms with Crippen LogP contribution in [0.3, 0.4) is 0 Å². The largest absolute Gasteiger partial charge is 0.507 e. The summed E-state index contributed by atoms with van der Waals surface area (Å²) in [6, 6.07) is 4.50. The maximum atomic E-state index is 11.7. The van der Waals surface area contributed by atoms with Gasteiger partial charge in [0.05, 0.1) is 6.61 Å². The van der Waals surface area contributed by atoms with Crippen molar-refractivity contribution in [2.45, 2.75) is 137 Å². The van der Waals surface area contributed by atoms with Crippen LogP contribution in [0, 0.1) is 11.8 Å². The lowest BCUT2D eigenvalue weighted by molar-refractivity contribution is -0.143. The van der Waals surface area contributed by atoms with Crippen molar-refractivity contribution in [3.8, 4) is 5.75 Å². The predicted molar refractivity (Wildman–Crippen MR) is 152 cm³/mol. The number of hydrogen-bond acceptors (Lipinski definition) is 4. The first-order valence-electron chi connectivity index (χ1n) is 14.1. The van der Waals surface area contributed by atoms with Gasteiger partial charge in [-0.05, 0) is 106 Å². The van der Waals surface area contributed by atoms with Crippen LogP contribution in [0.2, 0.25) is 0 Å². The molecule has 1 heterocycles. The number of likely N-dealkylation sites (tertiary alicyclic amines) is 1. The number of nitrogens with zero attached hydrogens (tertiary/aromatic N) is 1. The topological polar surface area (TPSA) is 49.8 Å². The van der Waals surface area contributed by atoms with Gasteiger partial charge < -0.3 is 9.84 Å². The number of carbonyl (C=O) groups is 1. The summed E-state index contributed by atoms with van der Waals surface area (Å²) in [5.41, 5.74) is 3.35. The first-order chi connectivity index (χ1) is 16.3. The lowest BCUT2D eigenvalue weighted by Crippen LogP contribution is -2.59. The Balaban J connectivity index is 2.45. The zero-order valence-corrected chi connectivity index (χ0v) is 25.5. The van der Waals surface area contributed by atoms with Gasteiger partial charge in [0.25, 0.3) is 0 Å². The Morgan fingerprint density at radius 3 is 1.92 bits per heavy atom. The lowest BCUT2D eigenvalue weighted by atomic mass is 9.67. The molecule has 2 rings (SSSR count). The fraction of sp³-hybridized carbons (Fsp3) is 0.781. The van der Waals surface area contributed by atoms with Crippen LogP contribution in [0.15, 0.2) is 12.1 Å². The molecule has 0 bridgehead atoms. The Kier molecular flexibility index (Phi) is 9.42. The van der Waals surface area contributed by atoms with Gasteiger partial charge in [-0.15, -0.1) is 0 Å². The monoisotopic (exact) mass is 501 g/mol. The lowest BCUT2D eigenvalue weighted by Gasteiger charge is -2.55. The molecule has 1 aromatic carbocycles. The van der Waals surface area contributed by atoms with Crippen LogP contribution >= 0.6 is 0 Å². The summed E-state index contributed by atoms with van der Waals surface area (Å²) in [5.74, 6) is 1.40. The molecule has 1 N–H and O–H groups in total. The average molecular weight is 502 g/mol. The molecule has 1 aliphatic heterocycles. The fourth-order valence-electron chi connectivity index (χ4n) is 6.18. The van der Waals surface area contributed by atoms with E-state index in [0.717, 1.165) is 43.2 Å². The van der Waals surface area contributed by atoms with E-state index < -0.39 is 0 Å². The molecule has 0 saturated carbocycles. The minimum absolute atomic E-state index is 0.115. The molecule has 4 heteroatoms. The summed E-state index contributed by atoms with van der Waals surface area (Å²) in [6.45, 7) is 24.9. The minimum atomic E-state index is -0.137. The van der Waals surface area contributed by atoms with Crippen LogP contribution in [0.4, 0.5) is 0 Å². The third-order valence-electron chi connectivity index (χ3n) is 8.56. The summed E-state index contributed by atoms with van der Waals surface area (Å²) >= 11 is 0. The number of phenolic OH excluding ortho intramolecular Hbond substituents is 1. The second-order valence-electron chi connectivity index (χ2n) is 14.6. The summed E-state index contributed by atoms with van der Waals surface area (Å²) in [4.78, 5) is 14.2. The van der Waals surface area contributed by atoms with E-state index in [1.807, 2.05) is 6.92 Å². The first kappa shape index (κ1) is 30.7. The molecule has 36 heavy (non-hydrogen) atoms. The third kappa shape index (κ3) is 7.49. The number of carbonyl (C=O) groups excluding carboxylic acids is 1. The number of benzene rings is 1. The minimum Gasteiger partial charge on any atom is -0.507 e. The van der Waals surface area contributed by atoms with Crippen molar-refractivity contribution < 1.29 is 14.6 Å². The molecule has 0 amide bonds. The Hall–Kier alpha value is -1.55. The number of piperidine rings is 1. The van der Waals surface area contributed by atoms with Gasteiger partial charge in [-0.25, -0.2) is 0 Å². The molecule has 4 nitrogen and oxygen atoms in total. The van der Waals surface area contributed by atoms with Gasteiger partial charge in [0.2, 0.25) is 0 Å². The normalized spacial score (nSPS) is 19.8. The molecule has 1 saturated heterocycles. The van der Waals surface area contributed by atoms with Crippen molar-refractivity contribution in [2.75, 3.05) is 13.7 Å². The molecule has 0 aromatic heterocycles. The Bertz CT molecular complexity index is 848. The van der Waals surface area contributed by atoms with E-state index in [1.54, 1.807) is 0 Å². The molecule has 0 spiro atoms. The Morgan fingerprint density at radius 2 is 1.50 bits per heavy atom. The molecule has 0 aliphatic carbocycles. The van der Waals surface area contributed by atoms with Crippen LogP contribution in [-0.2, 0) is 26.8 Å². The van der Waals surface area contributed by atoms with Crippen LogP contribution in [0.25, 0.3) is 0 Å². The number of esters is 1. The fourth-order valence-corrected chi connectivity index (χ4v) is 6.18. The van der Waals surface area contributed by atoms with Crippen molar-refractivity contribution in [2.24, 2.45) is 11.8 Å². The maximum absolute atomic E-state index is 11.7. The van der Waals surface area contributed by atoms with Gasteiger partial charge in [0, 0.05) is 17.5 Å². The van der Waals surface area contributed by atoms with Crippen LogP contribution < -0.4 is 0 Å². The number of phenols is 1. The van der Waals surface area contributed by atoms with Crippen molar-refractivity contribution in [1.29, 1.82) is 0 Å². The number of hydrogen-bond donors (Lipinski definition) is 1. The molecule has 1 aliphatic rings. The van der Waals surface area contributed by atoms with E-state index in [-0.39, 0.29) is 27.9 Å². The van der Waals surface area contributed by atoms with Gasteiger partial charge in [0.15, 0.2) is 0 Å². The number of rotatable bonds is 8. The molecule has 1 atom stereocenters. The Labute approximate surface area is 222 Å². The van der Waals surface area contributed by atoms with Crippen molar-refractivity contribution in [3.05, 3.63) is 28.8 Å². The molecule has 0 radical (unpaired) electrons. The SMILES string of the molecule is CCC(=O)OCCCC(Cc1cc(C(C)(C)C)c(O)c(C(C)(C)C)c1)C1CC(C)(C)N(C)C(C)(C)C1. The maximum Gasteiger partial charge on any atom is 0.305 e. The van der Waals surface area contributed by atoms with E-state index in [0.29, 0.717) is 30.6 Å². The zero-order chi connectivity index (χ0) is 27.7. The highest BCUT2D eigenvalue weighted by Gasteiger charge is 2.45. The second-order valence-corrected chi connectivity index (χ2v) is 14.6. The third-order valence-corrected chi connectivity index (χ3v) is 8.56. The van der Waals surface area contributed by atoms with Crippen LogP contribution in [-0.4, -0.2) is 40.7 Å². The van der Waals surface area contributed by atoms with Gasteiger partial charge in [-0.3, -0.25) is 9.69 Å². The van der Waals surface area contributed by atoms with Crippen LogP contribution in [0.5, 0.6) is 5.75 Å². The number of aromatic hydroxyl groups is 1. The number of ether oxygens (including phenoxy) is 1. The van der Waals surface area contributed by atoms with E-state index in [2.05, 4.69) is 93.3 Å². The zero-order valence-electron chi connectivity index (χ0n) is 25.5. The quantitative estimate of drug-likeness (QED) is 0.292.